The molecule has 1 aliphatic rings. The van der Waals surface area contributed by atoms with Crippen LogP contribution in [0.3, 0.4) is 0 Å². The first kappa shape index (κ1) is 37.9. The van der Waals surface area contributed by atoms with E-state index in [4.69, 9.17) is 0 Å². The molecule has 0 bridgehead atoms. The molecule has 4 heteroatoms. The fraction of sp³-hybridized carbons (Fsp3) is 0.378. The minimum Gasteiger partial charge on any atom is -0.372 e. The minimum atomic E-state index is 0.318. The van der Waals surface area contributed by atoms with Crippen LogP contribution in [-0.2, 0) is 0 Å². The Hall–Kier alpha value is -3.96. The predicted molar refractivity (Wildman–Crippen MR) is 215 cm³/mol. The highest BCUT2D eigenvalue weighted by atomic mass is 15.1. The number of likely N-dealkylation sites (N-methyl/N-ethyl adjacent to an activating group) is 1. The van der Waals surface area contributed by atoms with Crippen LogP contribution in [0.25, 0.3) is 11.1 Å². The number of allylic oxidation sites excluding steroid dienone is 7. The summed E-state index contributed by atoms with van der Waals surface area (Å²) in [5.41, 5.74) is 11.2. The van der Waals surface area contributed by atoms with Crippen LogP contribution >= 0.6 is 0 Å². The second kappa shape index (κ2) is 19.3. The molecule has 0 amide bonds. The van der Waals surface area contributed by atoms with Gasteiger partial charge in [-0.05, 0) is 111 Å². The molecule has 0 aliphatic heterocycles. The average molecular weight is 657 g/mol. The number of rotatable bonds is 17. The van der Waals surface area contributed by atoms with Gasteiger partial charge in [0.15, 0.2) is 0 Å². The predicted octanol–water partition coefficient (Wildman–Crippen LogP) is 10.2. The lowest BCUT2D eigenvalue weighted by Gasteiger charge is -2.26. The van der Waals surface area contributed by atoms with Gasteiger partial charge in [0.05, 0.1) is 0 Å². The first-order valence-electron chi connectivity index (χ1n) is 18.6. The molecular formula is C45H60N4. The average Bonchev–Trinajstić information content (AvgIpc) is 3.14. The van der Waals surface area contributed by atoms with Crippen LogP contribution in [0.15, 0.2) is 121 Å². The first-order valence-corrected chi connectivity index (χ1v) is 18.6. The Morgan fingerprint density at radius 3 is 1.53 bits per heavy atom. The Labute approximate surface area is 298 Å². The van der Waals surface area contributed by atoms with Crippen LogP contribution in [0, 0.1) is 0 Å². The van der Waals surface area contributed by atoms with Crippen molar-refractivity contribution in [2.45, 2.75) is 73.5 Å². The van der Waals surface area contributed by atoms with E-state index in [1.165, 1.54) is 50.2 Å². The normalized spacial score (nSPS) is 15.5. The summed E-state index contributed by atoms with van der Waals surface area (Å²) in [5.74, 6) is 0. The zero-order valence-electron chi connectivity index (χ0n) is 31.3. The lowest BCUT2D eigenvalue weighted by Crippen LogP contribution is -2.32. The van der Waals surface area contributed by atoms with Gasteiger partial charge in [-0.3, -0.25) is 4.90 Å². The third-order valence-electron chi connectivity index (χ3n) is 9.79. The van der Waals surface area contributed by atoms with Gasteiger partial charge >= 0.3 is 0 Å². The standard InChI is InChI=1S/C45H60N4/c1-9-46-34(7)36-18-22-38(23-19-36)44(39-24-20-37(21-25-39)35(8)47-10-2)16-15-17-45(40-26-30-42(31-27-40)48(11-3)12-4)41-28-32-43(33-29-41)49(13-5)14-6/h15-35,42,46-47H,9-14H2,1-8H3. The van der Waals surface area contributed by atoms with E-state index < -0.39 is 0 Å². The zero-order valence-corrected chi connectivity index (χ0v) is 31.3. The van der Waals surface area contributed by atoms with Crippen LogP contribution in [0.4, 0.5) is 5.69 Å². The van der Waals surface area contributed by atoms with E-state index in [0.717, 1.165) is 39.3 Å². The highest BCUT2D eigenvalue weighted by Crippen LogP contribution is 2.30. The molecule has 4 nitrogen and oxygen atoms in total. The number of benzene rings is 3. The van der Waals surface area contributed by atoms with Gasteiger partial charge in [0.1, 0.15) is 0 Å². The van der Waals surface area contributed by atoms with Crippen molar-refractivity contribution in [2.24, 2.45) is 0 Å². The van der Waals surface area contributed by atoms with Gasteiger partial charge < -0.3 is 15.5 Å². The van der Waals surface area contributed by atoms with Crippen LogP contribution in [-0.4, -0.2) is 50.2 Å². The topological polar surface area (TPSA) is 30.5 Å². The molecule has 0 heterocycles. The van der Waals surface area contributed by atoms with E-state index in [0.29, 0.717) is 18.1 Å². The fourth-order valence-corrected chi connectivity index (χ4v) is 6.74. The molecule has 4 rings (SSSR count). The molecule has 3 aromatic carbocycles. The van der Waals surface area contributed by atoms with Crippen molar-refractivity contribution in [2.75, 3.05) is 44.2 Å². The van der Waals surface area contributed by atoms with Crippen molar-refractivity contribution in [1.82, 2.24) is 15.5 Å². The summed E-state index contributed by atoms with van der Waals surface area (Å²) >= 11 is 0. The molecule has 3 aromatic rings. The molecule has 1 aliphatic carbocycles. The number of hydrogen-bond donors (Lipinski definition) is 2. The zero-order chi connectivity index (χ0) is 35.2. The second-order valence-electron chi connectivity index (χ2n) is 12.8. The van der Waals surface area contributed by atoms with Gasteiger partial charge in [-0.25, -0.2) is 0 Å². The molecule has 0 saturated carbocycles. The van der Waals surface area contributed by atoms with Crippen LogP contribution < -0.4 is 15.5 Å². The Morgan fingerprint density at radius 1 is 0.633 bits per heavy atom. The number of nitrogens with one attached hydrogen (secondary N) is 2. The van der Waals surface area contributed by atoms with Gasteiger partial charge in [0.25, 0.3) is 0 Å². The fourth-order valence-electron chi connectivity index (χ4n) is 6.74. The van der Waals surface area contributed by atoms with E-state index in [2.05, 4.69) is 191 Å². The van der Waals surface area contributed by atoms with E-state index in [9.17, 15) is 0 Å². The van der Waals surface area contributed by atoms with Crippen LogP contribution in [0.1, 0.15) is 95.3 Å². The monoisotopic (exact) mass is 656 g/mol. The van der Waals surface area contributed by atoms with E-state index in [1.54, 1.807) is 0 Å². The molecule has 0 radical (unpaired) electrons. The van der Waals surface area contributed by atoms with Crippen molar-refractivity contribution in [3.05, 3.63) is 149 Å². The highest BCUT2D eigenvalue weighted by molar-refractivity contribution is 5.84. The molecule has 260 valence electrons. The quantitative estimate of drug-likeness (QED) is 0.142. The Kier molecular flexibility index (Phi) is 14.9. The van der Waals surface area contributed by atoms with Gasteiger partial charge in [-0.2, -0.15) is 0 Å². The van der Waals surface area contributed by atoms with E-state index in [-0.39, 0.29) is 0 Å². The summed E-state index contributed by atoms with van der Waals surface area (Å²) in [7, 11) is 0. The van der Waals surface area contributed by atoms with Crippen molar-refractivity contribution in [1.29, 1.82) is 0 Å². The summed E-state index contributed by atoms with van der Waals surface area (Å²) in [5, 5.41) is 7.08. The molecule has 2 atom stereocenters. The van der Waals surface area contributed by atoms with Gasteiger partial charge in [0, 0.05) is 36.9 Å². The summed E-state index contributed by atoms with van der Waals surface area (Å²) in [4.78, 5) is 4.87. The molecule has 0 spiro atoms. The number of nitrogens with zero attached hydrogens (tertiary/aromatic N) is 2. The summed E-state index contributed by atoms with van der Waals surface area (Å²) in [6.45, 7) is 23.6. The molecular weight excluding hydrogens is 597 g/mol. The largest absolute Gasteiger partial charge is 0.372 e. The molecule has 2 unspecified atom stereocenters. The Balaban J connectivity index is 1.77. The van der Waals surface area contributed by atoms with Crippen LogP contribution in [0.2, 0.25) is 0 Å². The molecule has 0 fully saturated rings. The van der Waals surface area contributed by atoms with Crippen molar-refractivity contribution in [3.63, 3.8) is 0 Å². The Bertz CT molecular complexity index is 1510. The summed E-state index contributed by atoms with van der Waals surface area (Å²) in [6.07, 6.45) is 16.1. The maximum absolute atomic E-state index is 3.54. The molecule has 2 N–H and O–H groups in total. The summed E-state index contributed by atoms with van der Waals surface area (Å²) in [6, 6.07) is 28.2. The van der Waals surface area contributed by atoms with Gasteiger partial charge in [0.2, 0.25) is 0 Å². The van der Waals surface area contributed by atoms with Crippen LogP contribution in [0.5, 0.6) is 0 Å². The smallest absolute Gasteiger partial charge is 0.0467 e. The lowest BCUT2D eigenvalue weighted by atomic mass is 9.92. The molecule has 49 heavy (non-hydrogen) atoms. The first-order chi connectivity index (χ1) is 23.9. The SMILES string of the molecule is CCNC(C)c1ccc(C(=CC=CC(=C2C=CC(N(CC)CC)C=C2)c2ccc(N(CC)CC)cc2)c2ccc(C(C)NCC)cc2)cc1. The van der Waals surface area contributed by atoms with E-state index in [1.807, 2.05) is 0 Å². The number of anilines is 1. The minimum absolute atomic E-state index is 0.318. The highest BCUT2D eigenvalue weighted by Gasteiger charge is 2.15. The number of hydrogen-bond acceptors (Lipinski definition) is 4. The molecule has 0 saturated heterocycles. The van der Waals surface area contributed by atoms with Crippen molar-refractivity contribution < 1.29 is 0 Å². The second-order valence-corrected chi connectivity index (χ2v) is 12.8. The van der Waals surface area contributed by atoms with Crippen molar-refractivity contribution >= 4 is 16.8 Å². The van der Waals surface area contributed by atoms with Gasteiger partial charge in [-0.1, -0.05) is 131 Å². The summed E-state index contributed by atoms with van der Waals surface area (Å²) < 4.78 is 0. The third-order valence-corrected chi connectivity index (χ3v) is 9.79. The third kappa shape index (κ3) is 10.0. The Morgan fingerprint density at radius 2 is 1.10 bits per heavy atom. The lowest BCUT2D eigenvalue weighted by molar-refractivity contribution is 0.287. The maximum Gasteiger partial charge on any atom is 0.0467 e. The van der Waals surface area contributed by atoms with Gasteiger partial charge in [-0.15, -0.1) is 0 Å². The van der Waals surface area contributed by atoms with E-state index >= 15 is 0 Å². The molecule has 0 aromatic heterocycles. The maximum atomic E-state index is 3.54. The van der Waals surface area contributed by atoms with Crippen molar-refractivity contribution in [3.8, 4) is 0 Å².